The van der Waals surface area contributed by atoms with Gasteiger partial charge in [0, 0.05) is 11.6 Å². The van der Waals surface area contributed by atoms with Gasteiger partial charge in [0.2, 0.25) is 0 Å². The molecule has 0 saturated carbocycles. The van der Waals surface area contributed by atoms with Crippen molar-refractivity contribution in [1.29, 1.82) is 0 Å². The molecule has 0 heterocycles. The monoisotopic (exact) mass is 413 g/mol. The summed E-state index contributed by atoms with van der Waals surface area (Å²) in [7, 11) is 0. The van der Waals surface area contributed by atoms with Gasteiger partial charge in [-0.15, -0.1) is 0 Å². The van der Waals surface area contributed by atoms with E-state index in [1.54, 1.807) is 0 Å². The van der Waals surface area contributed by atoms with E-state index in [1.807, 2.05) is 61.5 Å². The summed E-state index contributed by atoms with van der Waals surface area (Å²) in [6.45, 7) is 4.47. The lowest BCUT2D eigenvalue weighted by atomic mass is 10.1. The Hall–Kier alpha value is -2.56. The number of hydrogen-bond acceptors (Lipinski definition) is 3. The van der Waals surface area contributed by atoms with E-state index < -0.39 is 0 Å². The predicted octanol–water partition coefficient (Wildman–Crippen LogP) is 5.79. The zero-order chi connectivity index (χ0) is 20.5. The van der Waals surface area contributed by atoms with Crippen molar-refractivity contribution in [2.75, 3.05) is 13.2 Å². The Labute approximate surface area is 176 Å². The Morgan fingerprint density at radius 3 is 2.41 bits per heavy atom. The molecule has 0 aliphatic carbocycles. The third kappa shape index (κ3) is 6.77. The first kappa shape index (κ1) is 21.2. The van der Waals surface area contributed by atoms with Crippen LogP contribution in [0.25, 0.3) is 0 Å². The SMILES string of the molecule is CCOc1cc(CNCCc2ccc(F)cc2)ccc1OCc1cccc(Cl)c1. The second-order valence-corrected chi connectivity index (χ2v) is 7.12. The summed E-state index contributed by atoms with van der Waals surface area (Å²) < 4.78 is 24.7. The van der Waals surface area contributed by atoms with Crippen molar-refractivity contribution in [2.45, 2.75) is 26.5 Å². The number of hydrogen-bond donors (Lipinski definition) is 1. The lowest BCUT2D eigenvalue weighted by molar-refractivity contribution is 0.269. The molecule has 0 aliphatic rings. The summed E-state index contributed by atoms with van der Waals surface area (Å²) in [5.74, 6) is 1.23. The summed E-state index contributed by atoms with van der Waals surface area (Å²) in [4.78, 5) is 0. The largest absolute Gasteiger partial charge is 0.490 e. The lowest BCUT2D eigenvalue weighted by Gasteiger charge is -2.14. The molecule has 29 heavy (non-hydrogen) atoms. The minimum absolute atomic E-state index is 0.206. The van der Waals surface area contributed by atoms with Crippen LogP contribution in [-0.2, 0) is 19.6 Å². The van der Waals surface area contributed by atoms with Crippen LogP contribution in [0, 0.1) is 5.82 Å². The van der Waals surface area contributed by atoms with E-state index in [-0.39, 0.29) is 5.82 Å². The lowest BCUT2D eigenvalue weighted by Crippen LogP contribution is -2.16. The van der Waals surface area contributed by atoms with Crippen LogP contribution in [0.1, 0.15) is 23.6 Å². The minimum atomic E-state index is -0.206. The number of ether oxygens (including phenoxy) is 2. The van der Waals surface area contributed by atoms with Crippen LogP contribution in [0.2, 0.25) is 5.02 Å². The van der Waals surface area contributed by atoms with Gasteiger partial charge >= 0.3 is 0 Å². The molecule has 3 aromatic carbocycles. The zero-order valence-electron chi connectivity index (χ0n) is 16.5. The van der Waals surface area contributed by atoms with E-state index in [2.05, 4.69) is 5.32 Å². The summed E-state index contributed by atoms with van der Waals surface area (Å²) in [6, 6.07) is 20.2. The zero-order valence-corrected chi connectivity index (χ0v) is 17.2. The first-order valence-corrected chi connectivity index (χ1v) is 10.1. The van der Waals surface area contributed by atoms with Crippen molar-refractivity contribution in [2.24, 2.45) is 0 Å². The molecular weight excluding hydrogens is 389 g/mol. The quantitative estimate of drug-likeness (QED) is 0.427. The van der Waals surface area contributed by atoms with E-state index in [9.17, 15) is 4.39 Å². The second-order valence-electron chi connectivity index (χ2n) is 6.69. The van der Waals surface area contributed by atoms with Crippen LogP contribution in [-0.4, -0.2) is 13.2 Å². The minimum Gasteiger partial charge on any atom is -0.490 e. The van der Waals surface area contributed by atoms with Gasteiger partial charge in [0.1, 0.15) is 12.4 Å². The number of benzene rings is 3. The Balaban J connectivity index is 1.54. The molecular formula is C24H25ClFNO2. The number of rotatable bonds is 10. The molecule has 3 rings (SSSR count). The Morgan fingerprint density at radius 2 is 1.66 bits per heavy atom. The molecule has 0 aromatic heterocycles. The van der Waals surface area contributed by atoms with Gasteiger partial charge in [-0.3, -0.25) is 0 Å². The van der Waals surface area contributed by atoms with E-state index in [1.165, 1.54) is 12.1 Å². The fourth-order valence-electron chi connectivity index (χ4n) is 2.95. The van der Waals surface area contributed by atoms with Crippen LogP contribution in [0.5, 0.6) is 11.5 Å². The third-order valence-corrected chi connectivity index (χ3v) is 4.66. The molecule has 1 N–H and O–H groups in total. The summed E-state index contributed by atoms with van der Waals surface area (Å²) in [6.07, 6.45) is 0.847. The van der Waals surface area contributed by atoms with Crippen LogP contribution in [0.4, 0.5) is 4.39 Å². The van der Waals surface area contributed by atoms with Crippen molar-refractivity contribution >= 4 is 11.6 Å². The van der Waals surface area contributed by atoms with Gasteiger partial charge in [-0.2, -0.15) is 0 Å². The molecule has 0 radical (unpaired) electrons. The first-order valence-electron chi connectivity index (χ1n) is 9.72. The highest BCUT2D eigenvalue weighted by Gasteiger charge is 2.07. The van der Waals surface area contributed by atoms with Crippen molar-refractivity contribution in [1.82, 2.24) is 5.32 Å². The van der Waals surface area contributed by atoms with E-state index in [4.69, 9.17) is 21.1 Å². The highest BCUT2D eigenvalue weighted by atomic mass is 35.5. The van der Waals surface area contributed by atoms with Crippen LogP contribution >= 0.6 is 11.6 Å². The predicted molar refractivity (Wildman–Crippen MR) is 115 cm³/mol. The van der Waals surface area contributed by atoms with Crippen molar-refractivity contribution in [3.8, 4) is 11.5 Å². The van der Waals surface area contributed by atoms with Gasteiger partial charge in [0.15, 0.2) is 11.5 Å². The highest BCUT2D eigenvalue weighted by molar-refractivity contribution is 6.30. The van der Waals surface area contributed by atoms with Gasteiger partial charge in [-0.05, 0) is 73.0 Å². The molecule has 0 spiro atoms. The van der Waals surface area contributed by atoms with Crippen molar-refractivity contribution in [3.63, 3.8) is 0 Å². The van der Waals surface area contributed by atoms with E-state index in [0.29, 0.717) is 24.0 Å². The van der Waals surface area contributed by atoms with Gasteiger partial charge in [0.05, 0.1) is 6.61 Å². The maximum absolute atomic E-state index is 13.0. The topological polar surface area (TPSA) is 30.5 Å². The van der Waals surface area contributed by atoms with E-state index in [0.717, 1.165) is 42.0 Å². The van der Waals surface area contributed by atoms with Gasteiger partial charge < -0.3 is 14.8 Å². The van der Waals surface area contributed by atoms with E-state index >= 15 is 0 Å². The van der Waals surface area contributed by atoms with Gasteiger partial charge in [0.25, 0.3) is 0 Å². The fourth-order valence-corrected chi connectivity index (χ4v) is 3.17. The molecule has 5 heteroatoms. The van der Waals surface area contributed by atoms with Gasteiger partial charge in [-0.1, -0.05) is 41.9 Å². The summed E-state index contributed by atoms with van der Waals surface area (Å²) >= 11 is 6.03. The molecule has 0 fully saturated rings. The molecule has 3 aromatic rings. The molecule has 0 amide bonds. The number of nitrogens with one attached hydrogen (secondary N) is 1. The molecule has 3 nitrogen and oxygen atoms in total. The van der Waals surface area contributed by atoms with Crippen LogP contribution in [0.15, 0.2) is 66.7 Å². The smallest absolute Gasteiger partial charge is 0.161 e. The first-order chi connectivity index (χ1) is 14.1. The highest BCUT2D eigenvalue weighted by Crippen LogP contribution is 2.29. The Kier molecular flexibility index (Phi) is 7.91. The molecule has 0 bridgehead atoms. The maximum Gasteiger partial charge on any atom is 0.161 e. The Morgan fingerprint density at radius 1 is 0.862 bits per heavy atom. The third-order valence-electron chi connectivity index (χ3n) is 4.42. The maximum atomic E-state index is 13.0. The molecule has 0 aliphatic heterocycles. The average molecular weight is 414 g/mol. The molecule has 0 atom stereocenters. The second kappa shape index (κ2) is 10.8. The molecule has 0 unspecified atom stereocenters. The van der Waals surface area contributed by atoms with Gasteiger partial charge in [-0.25, -0.2) is 4.39 Å². The molecule has 152 valence electrons. The normalized spacial score (nSPS) is 10.7. The Bertz CT molecular complexity index is 915. The van der Waals surface area contributed by atoms with Crippen LogP contribution < -0.4 is 14.8 Å². The fraction of sp³-hybridized carbons (Fsp3) is 0.250. The average Bonchev–Trinajstić information content (AvgIpc) is 2.72. The van der Waals surface area contributed by atoms with Crippen molar-refractivity contribution < 1.29 is 13.9 Å². The molecule has 0 saturated heterocycles. The standard InChI is InChI=1S/C24H25ClFNO2/c1-2-28-24-15-19(16-27-13-12-18-6-9-22(26)10-7-18)8-11-23(24)29-17-20-4-3-5-21(25)14-20/h3-11,14-15,27H,2,12-13,16-17H2,1H3. The summed E-state index contributed by atoms with van der Waals surface area (Å²) in [5, 5.41) is 4.11. The van der Waals surface area contributed by atoms with Crippen molar-refractivity contribution in [3.05, 3.63) is 94.3 Å². The number of halogens is 2. The summed E-state index contributed by atoms with van der Waals surface area (Å²) in [5.41, 5.74) is 3.23. The van der Waals surface area contributed by atoms with Crippen LogP contribution in [0.3, 0.4) is 0 Å².